The van der Waals surface area contributed by atoms with Crippen molar-refractivity contribution in [1.82, 2.24) is 0 Å². The first kappa shape index (κ1) is 16.9. The lowest BCUT2D eigenvalue weighted by Crippen LogP contribution is -2.32. The fourth-order valence-electron chi connectivity index (χ4n) is 1.80. The molecule has 112 valence electrons. The predicted molar refractivity (Wildman–Crippen MR) is 83.0 cm³/mol. The molecule has 0 unspecified atom stereocenters. The van der Waals surface area contributed by atoms with Crippen molar-refractivity contribution in [2.75, 3.05) is 12.4 Å². The lowest BCUT2D eigenvalue weighted by molar-refractivity contribution is -0.147. The number of ether oxygens (including phenoxy) is 1. The highest BCUT2D eigenvalue weighted by Crippen LogP contribution is 2.18. The highest BCUT2D eigenvalue weighted by molar-refractivity contribution is 7.86. The van der Waals surface area contributed by atoms with Crippen LogP contribution in [0, 0.1) is 5.92 Å². The summed E-state index contributed by atoms with van der Waals surface area (Å²) in [5, 5.41) is 0. The molecule has 0 aromatic heterocycles. The fourth-order valence-corrected chi connectivity index (χ4v) is 2.92. The van der Waals surface area contributed by atoms with Crippen molar-refractivity contribution in [2.45, 2.75) is 38.9 Å². The van der Waals surface area contributed by atoms with Crippen LogP contribution < -0.4 is 0 Å². The zero-order valence-corrected chi connectivity index (χ0v) is 13.5. The second kappa shape index (κ2) is 7.58. The van der Waals surface area contributed by atoms with Crippen molar-refractivity contribution in [2.24, 2.45) is 5.92 Å². The molecule has 3 nitrogen and oxygen atoms in total. The Morgan fingerprint density at radius 3 is 2.35 bits per heavy atom. The zero-order valence-electron chi connectivity index (χ0n) is 12.7. The maximum atomic E-state index is 12.3. The minimum atomic E-state index is -1.07. The second-order valence-electron chi connectivity index (χ2n) is 5.76. The van der Waals surface area contributed by atoms with Crippen LogP contribution in [-0.4, -0.2) is 27.3 Å². The average molecular weight is 296 g/mol. The molecule has 0 radical (unpaired) electrons. The first-order valence-electron chi connectivity index (χ1n) is 6.93. The molecule has 0 saturated carbocycles. The predicted octanol–water partition coefficient (Wildman–Crippen LogP) is 2.96. The van der Waals surface area contributed by atoms with E-state index in [1.54, 1.807) is 6.92 Å². The Morgan fingerprint density at radius 1 is 1.25 bits per heavy atom. The fraction of sp³-hybridized carbons (Fsp3) is 0.562. The maximum absolute atomic E-state index is 12.3. The molecule has 0 N–H and O–H groups in total. The highest BCUT2D eigenvalue weighted by atomic mass is 32.2. The van der Waals surface area contributed by atoms with E-state index in [9.17, 15) is 9.00 Å². The molecule has 1 aromatic rings. The molecule has 0 fully saturated rings. The van der Waals surface area contributed by atoms with Gasteiger partial charge in [-0.15, -0.1) is 0 Å². The van der Waals surface area contributed by atoms with Gasteiger partial charge in [-0.05, 0) is 39.7 Å². The van der Waals surface area contributed by atoms with Crippen LogP contribution in [0.4, 0.5) is 0 Å². The first-order chi connectivity index (χ1) is 9.34. The minimum absolute atomic E-state index is 0.256. The summed E-state index contributed by atoms with van der Waals surface area (Å²) in [5.41, 5.74) is 1.07. The summed E-state index contributed by atoms with van der Waals surface area (Å²) in [6, 6.07) is 9.78. The standard InChI is InChI=1S/C16H24O3S/c1-5-19-15(17)14(12-20(18)16(2,3)4)11-13-9-7-6-8-10-13/h6-10,14H,5,11-12H2,1-4H3/t14-,20+/m1/s1. The molecule has 20 heavy (non-hydrogen) atoms. The van der Waals surface area contributed by atoms with Gasteiger partial charge in [0.2, 0.25) is 0 Å². The van der Waals surface area contributed by atoms with E-state index in [-0.39, 0.29) is 16.6 Å². The molecule has 1 aromatic carbocycles. The topological polar surface area (TPSA) is 43.4 Å². The van der Waals surface area contributed by atoms with E-state index in [1.165, 1.54) is 0 Å². The molecule has 0 aliphatic heterocycles. The smallest absolute Gasteiger partial charge is 0.310 e. The Morgan fingerprint density at radius 2 is 1.85 bits per heavy atom. The van der Waals surface area contributed by atoms with Crippen LogP contribution in [0.5, 0.6) is 0 Å². The number of rotatable bonds is 6. The van der Waals surface area contributed by atoms with Gasteiger partial charge in [-0.25, -0.2) is 0 Å². The van der Waals surface area contributed by atoms with E-state index in [2.05, 4.69) is 0 Å². The van der Waals surface area contributed by atoms with Crippen LogP contribution >= 0.6 is 0 Å². The number of hydrogen-bond donors (Lipinski definition) is 0. The summed E-state index contributed by atoms with van der Waals surface area (Å²) in [6.45, 7) is 7.92. The van der Waals surface area contributed by atoms with Gasteiger partial charge in [0.05, 0.1) is 12.5 Å². The van der Waals surface area contributed by atoms with Crippen LogP contribution in [0.15, 0.2) is 30.3 Å². The lowest BCUT2D eigenvalue weighted by Gasteiger charge is -2.22. The van der Waals surface area contributed by atoms with Crippen molar-refractivity contribution in [1.29, 1.82) is 0 Å². The Bertz CT molecular complexity index is 449. The monoisotopic (exact) mass is 296 g/mol. The SMILES string of the molecule is CCOC(=O)[C@H](Cc1ccccc1)C[S@](=O)C(C)(C)C. The molecule has 1 rings (SSSR count). The van der Waals surface area contributed by atoms with Gasteiger partial charge in [0.1, 0.15) is 0 Å². The van der Waals surface area contributed by atoms with E-state index in [0.717, 1.165) is 5.56 Å². The van der Waals surface area contributed by atoms with E-state index in [1.807, 2.05) is 51.1 Å². The Kier molecular flexibility index (Phi) is 6.40. The molecule has 4 heteroatoms. The van der Waals surface area contributed by atoms with Crippen molar-refractivity contribution < 1.29 is 13.7 Å². The Hall–Kier alpha value is -1.16. The summed E-state index contributed by atoms with van der Waals surface area (Å²) in [4.78, 5) is 12.1. The molecule has 0 aliphatic rings. The number of hydrogen-bond acceptors (Lipinski definition) is 3. The van der Waals surface area contributed by atoms with Crippen molar-refractivity contribution >= 4 is 16.8 Å². The molecular weight excluding hydrogens is 272 g/mol. The van der Waals surface area contributed by atoms with Gasteiger partial charge in [0.15, 0.2) is 0 Å². The van der Waals surface area contributed by atoms with E-state index < -0.39 is 10.8 Å². The van der Waals surface area contributed by atoms with Crippen LogP contribution in [0.1, 0.15) is 33.3 Å². The highest BCUT2D eigenvalue weighted by Gasteiger charge is 2.28. The molecule has 0 bridgehead atoms. The van der Waals surface area contributed by atoms with Crippen molar-refractivity contribution in [3.63, 3.8) is 0 Å². The largest absolute Gasteiger partial charge is 0.466 e. The molecule has 0 amide bonds. The van der Waals surface area contributed by atoms with E-state index >= 15 is 0 Å². The summed E-state index contributed by atoms with van der Waals surface area (Å²) < 4.78 is 17.1. The van der Waals surface area contributed by atoms with Crippen molar-refractivity contribution in [3.05, 3.63) is 35.9 Å². The number of carbonyl (C=O) groups excluding carboxylic acids is 1. The van der Waals surface area contributed by atoms with E-state index in [0.29, 0.717) is 18.8 Å². The first-order valence-corrected chi connectivity index (χ1v) is 8.25. The van der Waals surface area contributed by atoms with E-state index in [4.69, 9.17) is 4.74 Å². The van der Waals surface area contributed by atoms with Crippen LogP contribution in [0.3, 0.4) is 0 Å². The minimum Gasteiger partial charge on any atom is -0.466 e. The van der Waals surface area contributed by atoms with Crippen LogP contribution in [0.25, 0.3) is 0 Å². The third-order valence-corrected chi connectivity index (χ3v) is 5.05. The molecule has 0 heterocycles. The number of esters is 1. The lowest BCUT2D eigenvalue weighted by atomic mass is 10.0. The average Bonchev–Trinajstić information content (AvgIpc) is 2.38. The third kappa shape index (κ3) is 5.45. The van der Waals surface area contributed by atoms with Gasteiger partial charge in [-0.2, -0.15) is 0 Å². The number of benzene rings is 1. The van der Waals surface area contributed by atoms with Gasteiger partial charge < -0.3 is 4.74 Å². The molecular formula is C16H24O3S. The van der Waals surface area contributed by atoms with Gasteiger partial charge in [0.25, 0.3) is 0 Å². The molecule has 0 spiro atoms. The molecule has 0 aliphatic carbocycles. The van der Waals surface area contributed by atoms with Gasteiger partial charge in [-0.1, -0.05) is 30.3 Å². The maximum Gasteiger partial charge on any atom is 0.310 e. The quantitative estimate of drug-likeness (QED) is 0.758. The summed E-state index contributed by atoms with van der Waals surface area (Å²) in [6.07, 6.45) is 0.571. The zero-order chi connectivity index (χ0) is 15.2. The molecule has 0 saturated heterocycles. The Labute approximate surface area is 124 Å². The normalized spacial score (nSPS) is 14.6. The summed E-state index contributed by atoms with van der Waals surface area (Å²) >= 11 is 0. The second-order valence-corrected chi connectivity index (χ2v) is 8.01. The Balaban J connectivity index is 2.81. The summed E-state index contributed by atoms with van der Waals surface area (Å²) in [5.74, 6) is -0.261. The number of carbonyl (C=O) groups is 1. The van der Waals surface area contributed by atoms with Gasteiger partial charge >= 0.3 is 5.97 Å². The van der Waals surface area contributed by atoms with Crippen LogP contribution in [-0.2, 0) is 26.8 Å². The van der Waals surface area contributed by atoms with Gasteiger partial charge in [0, 0.05) is 21.3 Å². The van der Waals surface area contributed by atoms with Crippen molar-refractivity contribution in [3.8, 4) is 0 Å². The molecule has 2 atom stereocenters. The summed E-state index contributed by atoms with van der Waals surface area (Å²) in [7, 11) is -1.07. The van der Waals surface area contributed by atoms with Gasteiger partial charge in [-0.3, -0.25) is 9.00 Å². The third-order valence-electron chi connectivity index (χ3n) is 2.98. The van der Waals surface area contributed by atoms with Crippen LogP contribution in [0.2, 0.25) is 0 Å².